The molecule has 0 saturated carbocycles. The zero-order valence-electron chi connectivity index (χ0n) is 14.3. The van der Waals surface area contributed by atoms with E-state index in [2.05, 4.69) is 5.32 Å². The molecule has 0 saturated heterocycles. The van der Waals surface area contributed by atoms with E-state index in [9.17, 15) is 24.6 Å². The van der Waals surface area contributed by atoms with E-state index in [0.29, 0.717) is 37.2 Å². The molecule has 0 aliphatic carbocycles. The molecule has 1 aromatic carbocycles. The number of unbranched alkanes of at least 4 members (excludes halogenated alkanes) is 1. The number of hydrogen-bond donors (Lipinski definition) is 4. The molecule has 2 rings (SSSR count). The molecule has 0 spiro atoms. The van der Waals surface area contributed by atoms with Crippen LogP contribution in [0.5, 0.6) is 0 Å². The van der Waals surface area contributed by atoms with Crippen LogP contribution in [-0.4, -0.2) is 59.0 Å². The summed E-state index contributed by atoms with van der Waals surface area (Å²) in [4.78, 5) is 37.6. The molecule has 0 aromatic heterocycles. The molecule has 1 amide bonds. The summed E-state index contributed by atoms with van der Waals surface area (Å²) in [6, 6.07) is 5.40. The van der Waals surface area contributed by atoms with E-state index in [0.717, 1.165) is 4.90 Å². The van der Waals surface area contributed by atoms with E-state index in [-0.39, 0.29) is 0 Å². The molecule has 142 valence electrons. The molecule has 26 heavy (non-hydrogen) atoms. The number of carboxylic acids is 2. The minimum atomic E-state index is -1.13. The Morgan fingerprint density at radius 3 is 2.69 bits per heavy atom. The van der Waals surface area contributed by atoms with Crippen LogP contribution < -0.4 is 16.0 Å². The highest BCUT2D eigenvalue weighted by atomic mass is 32.2. The van der Waals surface area contributed by atoms with Gasteiger partial charge in [-0.15, -0.1) is 11.8 Å². The molecule has 1 aromatic rings. The molecular formula is C17H23N3O5S. The second kappa shape index (κ2) is 9.56. The number of hydrogen-bond acceptors (Lipinski definition) is 6. The van der Waals surface area contributed by atoms with E-state index >= 15 is 0 Å². The average Bonchev–Trinajstić information content (AvgIpc) is 2.72. The van der Waals surface area contributed by atoms with Crippen LogP contribution in [0.25, 0.3) is 0 Å². The molecule has 0 fully saturated rings. The number of nitrogens with zero attached hydrogens (tertiary/aromatic N) is 1. The predicted molar refractivity (Wildman–Crippen MR) is 98.4 cm³/mol. The van der Waals surface area contributed by atoms with Gasteiger partial charge in [-0.05, 0) is 31.5 Å². The van der Waals surface area contributed by atoms with Crippen molar-refractivity contribution in [2.45, 2.75) is 36.2 Å². The van der Waals surface area contributed by atoms with E-state index in [4.69, 9.17) is 5.73 Å². The lowest BCUT2D eigenvalue weighted by Gasteiger charge is -2.26. The standard InChI is InChI=1S/C17H23N3O5S/c18-8-4-3-5-11(17(24)25)19-12-10-26-14-7-2-1-6-13(14)20(16(12)23)9-15(21)22/h1-2,6-7,11-12,19H,3-5,8-10,18H2,(H,21,22)(H,24,25)/t11?,12-/m0/s1. The van der Waals surface area contributed by atoms with Crippen LogP contribution in [0.1, 0.15) is 19.3 Å². The van der Waals surface area contributed by atoms with Crippen LogP contribution in [-0.2, 0) is 14.4 Å². The van der Waals surface area contributed by atoms with E-state index in [1.807, 2.05) is 12.1 Å². The van der Waals surface area contributed by atoms with E-state index in [1.54, 1.807) is 12.1 Å². The molecular weight excluding hydrogens is 358 g/mol. The van der Waals surface area contributed by atoms with Crippen molar-refractivity contribution < 1.29 is 24.6 Å². The summed E-state index contributed by atoms with van der Waals surface area (Å²) in [6.45, 7) is 0.00570. The fourth-order valence-corrected chi connectivity index (χ4v) is 3.87. The maximum Gasteiger partial charge on any atom is 0.323 e. The van der Waals surface area contributed by atoms with Gasteiger partial charge in [0.05, 0.1) is 11.7 Å². The number of carbonyl (C=O) groups is 3. The number of fused-ring (bicyclic) bond motifs is 1. The third-order valence-electron chi connectivity index (χ3n) is 4.07. The van der Waals surface area contributed by atoms with Gasteiger partial charge in [0.1, 0.15) is 12.6 Å². The number of thioether (sulfide) groups is 1. The summed E-state index contributed by atoms with van der Waals surface area (Å²) >= 11 is 1.40. The van der Waals surface area contributed by atoms with Crippen LogP contribution in [0, 0.1) is 0 Å². The Labute approximate surface area is 155 Å². The van der Waals surface area contributed by atoms with Crippen molar-refractivity contribution in [1.29, 1.82) is 0 Å². The van der Waals surface area contributed by atoms with Gasteiger partial charge in [0, 0.05) is 10.6 Å². The predicted octanol–water partition coefficient (Wildman–Crippen LogP) is 0.750. The van der Waals surface area contributed by atoms with Gasteiger partial charge in [0.25, 0.3) is 0 Å². The second-order valence-electron chi connectivity index (χ2n) is 5.99. The molecule has 1 aliphatic rings. The van der Waals surface area contributed by atoms with Gasteiger partial charge in [-0.3, -0.25) is 24.6 Å². The molecule has 1 heterocycles. The molecule has 9 heteroatoms. The maximum atomic E-state index is 12.9. The largest absolute Gasteiger partial charge is 0.480 e. The first kappa shape index (κ1) is 20.2. The molecule has 1 aliphatic heterocycles. The number of carboxylic acid groups (broad SMARTS) is 2. The van der Waals surface area contributed by atoms with Crippen LogP contribution >= 0.6 is 11.8 Å². The van der Waals surface area contributed by atoms with Crippen LogP contribution in [0.3, 0.4) is 0 Å². The van der Waals surface area contributed by atoms with Gasteiger partial charge in [-0.2, -0.15) is 0 Å². The zero-order valence-corrected chi connectivity index (χ0v) is 15.1. The van der Waals surface area contributed by atoms with Crippen molar-refractivity contribution in [3.8, 4) is 0 Å². The second-order valence-corrected chi connectivity index (χ2v) is 7.05. The summed E-state index contributed by atoms with van der Waals surface area (Å²) in [7, 11) is 0. The molecule has 0 bridgehead atoms. The third kappa shape index (κ3) is 5.20. The molecule has 5 N–H and O–H groups in total. The highest BCUT2D eigenvalue weighted by Gasteiger charge is 2.34. The topological polar surface area (TPSA) is 133 Å². The normalized spacial score (nSPS) is 18.1. The zero-order chi connectivity index (χ0) is 19.1. The number of rotatable bonds is 9. The number of nitrogens with two attached hydrogens (primary N) is 1. The number of nitrogens with one attached hydrogen (secondary N) is 1. The number of amides is 1. The fourth-order valence-electron chi connectivity index (χ4n) is 2.78. The van der Waals surface area contributed by atoms with Gasteiger partial charge in [-0.25, -0.2) is 0 Å². The molecule has 8 nitrogen and oxygen atoms in total. The van der Waals surface area contributed by atoms with Gasteiger partial charge in [0.2, 0.25) is 5.91 Å². The smallest absolute Gasteiger partial charge is 0.323 e. The fraction of sp³-hybridized carbons (Fsp3) is 0.471. The summed E-state index contributed by atoms with van der Waals surface area (Å²) in [5.41, 5.74) is 5.98. The van der Waals surface area contributed by atoms with Crippen LogP contribution in [0.15, 0.2) is 29.2 Å². The first-order valence-corrected chi connectivity index (χ1v) is 9.36. The summed E-state index contributed by atoms with van der Waals surface area (Å²) in [5.74, 6) is -2.27. The van der Waals surface area contributed by atoms with Crippen molar-refractivity contribution in [2.75, 3.05) is 23.7 Å². The Kier molecular flexibility index (Phi) is 7.43. The van der Waals surface area contributed by atoms with Crippen molar-refractivity contribution in [3.05, 3.63) is 24.3 Å². The summed E-state index contributed by atoms with van der Waals surface area (Å²) in [5, 5.41) is 21.5. The van der Waals surface area contributed by atoms with Crippen molar-refractivity contribution in [3.63, 3.8) is 0 Å². The van der Waals surface area contributed by atoms with Gasteiger partial charge in [-0.1, -0.05) is 18.6 Å². The van der Waals surface area contributed by atoms with Crippen LogP contribution in [0.4, 0.5) is 5.69 Å². The van der Waals surface area contributed by atoms with Gasteiger partial charge >= 0.3 is 11.9 Å². The highest BCUT2D eigenvalue weighted by molar-refractivity contribution is 7.99. The Morgan fingerprint density at radius 2 is 2.04 bits per heavy atom. The average molecular weight is 381 g/mol. The van der Waals surface area contributed by atoms with E-state index < -0.39 is 36.5 Å². The monoisotopic (exact) mass is 381 g/mol. The lowest BCUT2D eigenvalue weighted by molar-refractivity contribution is -0.140. The first-order valence-electron chi connectivity index (χ1n) is 8.38. The number of carbonyl (C=O) groups excluding carboxylic acids is 1. The Balaban J connectivity index is 2.20. The Bertz CT molecular complexity index is 670. The lowest BCUT2D eigenvalue weighted by Crippen LogP contribution is -2.53. The minimum Gasteiger partial charge on any atom is -0.480 e. The molecule has 1 unspecified atom stereocenters. The maximum absolute atomic E-state index is 12.9. The van der Waals surface area contributed by atoms with Crippen molar-refractivity contribution in [2.24, 2.45) is 5.73 Å². The van der Waals surface area contributed by atoms with Gasteiger partial charge < -0.3 is 15.9 Å². The summed E-state index contributed by atoms with van der Waals surface area (Å²) in [6.07, 6.45) is 1.69. The first-order chi connectivity index (χ1) is 12.4. The Hall–Kier alpha value is -2.10. The highest BCUT2D eigenvalue weighted by Crippen LogP contribution is 2.34. The summed E-state index contributed by atoms with van der Waals surface area (Å²) < 4.78 is 0. The number of para-hydroxylation sites is 1. The van der Waals surface area contributed by atoms with Crippen molar-refractivity contribution in [1.82, 2.24) is 5.32 Å². The number of aliphatic carboxylic acids is 2. The Morgan fingerprint density at radius 1 is 1.31 bits per heavy atom. The quantitative estimate of drug-likeness (QED) is 0.461. The number of anilines is 1. The molecule has 2 atom stereocenters. The van der Waals surface area contributed by atoms with E-state index in [1.165, 1.54) is 16.7 Å². The number of benzene rings is 1. The van der Waals surface area contributed by atoms with Crippen LogP contribution in [0.2, 0.25) is 0 Å². The van der Waals surface area contributed by atoms with Crippen molar-refractivity contribution >= 4 is 35.3 Å². The van der Waals surface area contributed by atoms with Gasteiger partial charge in [0.15, 0.2) is 0 Å². The molecule has 0 radical (unpaired) electrons. The lowest BCUT2D eigenvalue weighted by atomic mass is 10.1. The SMILES string of the molecule is NCCCCC(N[C@H]1CSc2ccccc2N(CC(=O)O)C1=O)C(=O)O. The third-order valence-corrected chi connectivity index (χ3v) is 5.22. The minimum absolute atomic E-state index is 0.326.